The number of hydrogen-bond acceptors (Lipinski definition) is 4. The number of carbonyl (C=O) groups is 1. The van der Waals surface area contributed by atoms with Crippen LogP contribution in [0.5, 0.6) is 5.75 Å². The summed E-state index contributed by atoms with van der Waals surface area (Å²) in [4.78, 5) is 16.2. The van der Waals surface area contributed by atoms with Crippen molar-refractivity contribution in [2.45, 2.75) is 33.3 Å². The second kappa shape index (κ2) is 7.26. The van der Waals surface area contributed by atoms with Crippen molar-refractivity contribution in [3.05, 3.63) is 40.4 Å². The van der Waals surface area contributed by atoms with Gasteiger partial charge in [0, 0.05) is 13.0 Å². The summed E-state index contributed by atoms with van der Waals surface area (Å²) in [5.41, 5.74) is 1.02. The number of amides is 1. The van der Waals surface area contributed by atoms with E-state index in [9.17, 15) is 4.79 Å². The van der Waals surface area contributed by atoms with Gasteiger partial charge in [0.1, 0.15) is 11.6 Å². The highest BCUT2D eigenvalue weighted by Gasteiger charge is 2.16. The van der Waals surface area contributed by atoms with Gasteiger partial charge in [-0.2, -0.15) is 5.10 Å². The Bertz CT molecular complexity index is 657. The van der Waals surface area contributed by atoms with Crippen LogP contribution in [-0.4, -0.2) is 33.7 Å². The zero-order valence-corrected chi connectivity index (χ0v) is 13.6. The summed E-state index contributed by atoms with van der Waals surface area (Å²) in [7, 11) is 0. The standard InChI is InChI=1S/C15H19ClN4O2/c1-9-4-5-12(16)13(8-9)22-10(2)15(21)17-7-6-14-18-11(3)19-20-14/h4-5,8,10H,6-7H2,1-3H3,(H,17,21)(H,18,19,20)/t10-/m0/s1. The average Bonchev–Trinajstić information content (AvgIpc) is 2.88. The Labute approximate surface area is 134 Å². The van der Waals surface area contributed by atoms with Gasteiger partial charge in [0.25, 0.3) is 5.91 Å². The molecule has 0 aliphatic carbocycles. The van der Waals surface area contributed by atoms with Gasteiger partial charge in [0.2, 0.25) is 0 Å². The number of aromatic amines is 1. The molecule has 22 heavy (non-hydrogen) atoms. The minimum Gasteiger partial charge on any atom is -0.479 e. The van der Waals surface area contributed by atoms with Crippen LogP contribution in [-0.2, 0) is 11.2 Å². The van der Waals surface area contributed by atoms with Crippen molar-refractivity contribution >= 4 is 17.5 Å². The molecule has 0 aliphatic rings. The number of aryl methyl sites for hydroxylation is 2. The molecule has 0 fully saturated rings. The molecule has 0 aliphatic heterocycles. The molecule has 0 spiro atoms. The highest BCUT2D eigenvalue weighted by atomic mass is 35.5. The molecule has 1 aromatic heterocycles. The molecule has 2 aromatic rings. The number of halogens is 1. The minimum atomic E-state index is -0.631. The fraction of sp³-hybridized carbons (Fsp3) is 0.400. The van der Waals surface area contributed by atoms with Gasteiger partial charge in [-0.1, -0.05) is 17.7 Å². The van der Waals surface area contributed by atoms with Crippen molar-refractivity contribution in [1.82, 2.24) is 20.5 Å². The Morgan fingerprint density at radius 3 is 2.91 bits per heavy atom. The lowest BCUT2D eigenvalue weighted by atomic mass is 10.2. The van der Waals surface area contributed by atoms with Gasteiger partial charge in [0.15, 0.2) is 11.9 Å². The van der Waals surface area contributed by atoms with E-state index in [1.165, 1.54) is 0 Å². The smallest absolute Gasteiger partial charge is 0.260 e. The highest BCUT2D eigenvalue weighted by Crippen LogP contribution is 2.26. The van der Waals surface area contributed by atoms with Crippen LogP contribution in [0.2, 0.25) is 5.02 Å². The third kappa shape index (κ3) is 4.46. The van der Waals surface area contributed by atoms with Crippen LogP contribution in [0.4, 0.5) is 0 Å². The predicted octanol–water partition coefficient (Wildman–Crippen LogP) is 2.20. The molecular formula is C15H19ClN4O2. The number of hydrogen-bond donors (Lipinski definition) is 2. The summed E-state index contributed by atoms with van der Waals surface area (Å²) in [5, 5.41) is 10.1. The van der Waals surface area contributed by atoms with Gasteiger partial charge in [-0.15, -0.1) is 0 Å². The average molecular weight is 323 g/mol. The summed E-state index contributed by atoms with van der Waals surface area (Å²) >= 11 is 6.05. The van der Waals surface area contributed by atoms with Crippen molar-refractivity contribution in [3.63, 3.8) is 0 Å². The van der Waals surface area contributed by atoms with Crippen molar-refractivity contribution < 1.29 is 9.53 Å². The fourth-order valence-electron chi connectivity index (χ4n) is 1.89. The molecule has 6 nitrogen and oxygen atoms in total. The van der Waals surface area contributed by atoms with Crippen molar-refractivity contribution in [1.29, 1.82) is 0 Å². The van der Waals surface area contributed by atoms with Crippen molar-refractivity contribution in [2.24, 2.45) is 0 Å². The maximum atomic E-state index is 12.0. The predicted molar refractivity (Wildman–Crippen MR) is 84.1 cm³/mol. The molecule has 0 unspecified atom stereocenters. The Balaban J connectivity index is 1.82. The van der Waals surface area contributed by atoms with Gasteiger partial charge in [-0.3, -0.25) is 9.89 Å². The Morgan fingerprint density at radius 2 is 2.23 bits per heavy atom. The van der Waals surface area contributed by atoms with E-state index < -0.39 is 6.10 Å². The Kier molecular flexibility index (Phi) is 5.38. The van der Waals surface area contributed by atoms with Gasteiger partial charge in [-0.25, -0.2) is 4.98 Å². The van der Waals surface area contributed by atoms with Crippen molar-refractivity contribution in [2.75, 3.05) is 6.54 Å². The zero-order valence-electron chi connectivity index (χ0n) is 12.8. The molecule has 1 heterocycles. The van der Waals surface area contributed by atoms with Crippen LogP contribution in [0.15, 0.2) is 18.2 Å². The number of nitrogens with one attached hydrogen (secondary N) is 2. The van der Waals surface area contributed by atoms with Crippen LogP contribution >= 0.6 is 11.6 Å². The number of aromatic nitrogens is 3. The number of carbonyl (C=O) groups excluding carboxylic acids is 1. The summed E-state index contributed by atoms with van der Waals surface area (Å²) in [6, 6.07) is 5.45. The summed E-state index contributed by atoms with van der Waals surface area (Å²) < 4.78 is 5.61. The lowest BCUT2D eigenvalue weighted by Gasteiger charge is -2.15. The van der Waals surface area contributed by atoms with E-state index in [1.807, 2.05) is 26.0 Å². The van der Waals surface area contributed by atoms with E-state index >= 15 is 0 Å². The number of H-pyrrole nitrogens is 1. The van der Waals surface area contributed by atoms with Gasteiger partial charge in [0.05, 0.1) is 5.02 Å². The van der Waals surface area contributed by atoms with E-state index in [4.69, 9.17) is 16.3 Å². The van der Waals surface area contributed by atoms with E-state index in [-0.39, 0.29) is 5.91 Å². The van der Waals surface area contributed by atoms with Crippen LogP contribution in [0.3, 0.4) is 0 Å². The molecule has 0 saturated carbocycles. The third-order valence-corrected chi connectivity index (χ3v) is 3.36. The Hall–Kier alpha value is -2.08. The number of rotatable bonds is 6. The first-order valence-corrected chi connectivity index (χ1v) is 7.42. The molecule has 1 aromatic carbocycles. The first-order valence-electron chi connectivity index (χ1n) is 7.04. The van der Waals surface area contributed by atoms with E-state index in [0.717, 1.165) is 11.4 Å². The SMILES string of the molecule is Cc1ccc(Cl)c(O[C@@H](C)C(=O)NCCc2n[nH]c(C)n2)c1. The lowest BCUT2D eigenvalue weighted by Crippen LogP contribution is -2.37. The van der Waals surface area contributed by atoms with E-state index in [2.05, 4.69) is 20.5 Å². The quantitative estimate of drug-likeness (QED) is 0.854. The maximum absolute atomic E-state index is 12.0. The fourth-order valence-corrected chi connectivity index (χ4v) is 2.05. The third-order valence-electron chi connectivity index (χ3n) is 3.05. The molecule has 7 heteroatoms. The summed E-state index contributed by atoms with van der Waals surface area (Å²) in [5.74, 6) is 1.74. The van der Waals surface area contributed by atoms with Gasteiger partial charge in [-0.05, 0) is 38.5 Å². The van der Waals surface area contributed by atoms with Crippen LogP contribution in [0.1, 0.15) is 24.1 Å². The van der Waals surface area contributed by atoms with E-state index in [1.54, 1.807) is 13.0 Å². The summed E-state index contributed by atoms with van der Waals surface area (Å²) in [6.07, 6.45) is -0.0678. The minimum absolute atomic E-state index is 0.204. The lowest BCUT2D eigenvalue weighted by molar-refractivity contribution is -0.127. The zero-order chi connectivity index (χ0) is 16.1. The van der Waals surface area contributed by atoms with Crippen LogP contribution in [0.25, 0.3) is 0 Å². The van der Waals surface area contributed by atoms with Gasteiger partial charge >= 0.3 is 0 Å². The topological polar surface area (TPSA) is 79.9 Å². The largest absolute Gasteiger partial charge is 0.479 e. The molecule has 1 atom stereocenters. The monoisotopic (exact) mass is 322 g/mol. The summed E-state index contributed by atoms with van der Waals surface area (Å²) in [6.45, 7) is 5.90. The molecule has 1 amide bonds. The number of ether oxygens (including phenoxy) is 1. The number of nitrogens with zero attached hydrogens (tertiary/aromatic N) is 2. The first-order chi connectivity index (χ1) is 10.5. The van der Waals surface area contributed by atoms with Gasteiger partial charge < -0.3 is 10.1 Å². The normalized spacial score (nSPS) is 12.0. The van der Waals surface area contributed by atoms with E-state index in [0.29, 0.717) is 29.6 Å². The van der Waals surface area contributed by atoms with Crippen molar-refractivity contribution in [3.8, 4) is 5.75 Å². The molecule has 2 rings (SSSR count). The van der Waals surface area contributed by atoms with Crippen LogP contribution in [0, 0.1) is 13.8 Å². The molecular weight excluding hydrogens is 304 g/mol. The first kappa shape index (κ1) is 16.3. The highest BCUT2D eigenvalue weighted by molar-refractivity contribution is 6.32. The molecule has 118 valence electrons. The molecule has 0 saturated heterocycles. The number of benzene rings is 1. The van der Waals surface area contributed by atoms with Crippen LogP contribution < -0.4 is 10.1 Å². The molecule has 0 bridgehead atoms. The second-order valence-electron chi connectivity index (χ2n) is 5.07. The molecule has 0 radical (unpaired) electrons. The molecule has 2 N–H and O–H groups in total. The Morgan fingerprint density at radius 1 is 1.45 bits per heavy atom. The maximum Gasteiger partial charge on any atom is 0.260 e. The second-order valence-corrected chi connectivity index (χ2v) is 5.48.